The van der Waals surface area contributed by atoms with Crippen molar-refractivity contribution in [1.29, 1.82) is 0 Å². The van der Waals surface area contributed by atoms with Gasteiger partial charge in [0.1, 0.15) is 0 Å². The number of H-pyrrole nitrogens is 1. The van der Waals surface area contributed by atoms with Crippen molar-refractivity contribution in [2.75, 3.05) is 0 Å². The lowest BCUT2D eigenvalue weighted by Crippen LogP contribution is -2.59. The molecule has 1 heterocycles. The summed E-state index contributed by atoms with van der Waals surface area (Å²) in [5.41, 5.74) is 5.79. The van der Waals surface area contributed by atoms with Crippen molar-refractivity contribution >= 4 is 21.8 Å². The number of para-hydroxylation sites is 1. The Hall–Kier alpha value is -1.80. The third-order valence-electron chi connectivity index (χ3n) is 10.4. The molecule has 2 saturated carbocycles. The molecule has 158 valence electrons. The van der Waals surface area contributed by atoms with Gasteiger partial charge in [-0.25, -0.2) is 0 Å². The molecule has 2 bridgehead atoms. The first-order valence-corrected chi connectivity index (χ1v) is 12.1. The maximum Gasteiger partial charge on any atom is 0.0642 e. The van der Waals surface area contributed by atoms with Crippen LogP contribution in [0.3, 0.4) is 0 Å². The minimum absolute atomic E-state index is 0.110. The van der Waals surface area contributed by atoms with Gasteiger partial charge in [-0.3, -0.25) is 0 Å². The zero-order valence-corrected chi connectivity index (χ0v) is 18.9. The number of aliphatic hydroxyl groups is 1. The molecule has 0 aliphatic heterocycles. The van der Waals surface area contributed by atoms with Crippen molar-refractivity contribution in [3.63, 3.8) is 0 Å². The van der Waals surface area contributed by atoms with Gasteiger partial charge >= 0.3 is 0 Å². The average Bonchev–Trinajstić information content (AvgIpc) is 2.98. The van der Waals surface area contributed by atoms with Crippen LogP contribution in [-0.2, 0) is 10.8 Å². The first-order chi connectivity index (χ1) is 14.3. The van der Waals surface area contributed by atoms with E-state index in [2.05, 4.69) is 69.1 Å². The SMILES string of the molecule is CC(C)[C@@]12CC[C@@]3(C)[C@H](C)CC[C@H](O)[C@]3(CC1)c1cc3c(cc12)[nH]c1ccccc13. The van der Waals surface area contributed by atoms with Crippen LogP contribution in [0.25, 0.3) is 21.8 Å². The number of hydrogen-bond acceptors (Lipinski definition) is 1. The van der Waals surface area contributed by atoms with E-state index in [1.807, 2.05) is 0 Å². The second kappa shape index (κ2) is 5.91. The standard InChI is InChI=1S/C28H35NO/c1-17(2)27-12-11-26(4)18(3)9-10-25(30)28(26,14-13-27)22-15-20-19-7-5-6-8-23(19)29-24(20)16-21(22)27/h5-8,15-18,25,29-30H,9-14H2,1-4H3/t18-,25+,26+,27-,28+/m1/s1. The molecular formula is C28H35NO. The summed E-state index contributed by atoms with van der Waals surface area (Å²) in [6.07, 6.45) is 6.68. The summed E-state index contributed by atoms with van der Waals surface area (Å²) in [6, 6.07) is 13.7. The fourth-order valence-corrected chi connectivity index (χ4v) is 8.20. The first kappa shape index (κ1) is 18.9. The molecule has 1 aromatic heterocycles. The third-order valence-corrected chi connectivity index (χ3v) is 10.4. The van der Waals surface area contributed by atoms with Crippen LogP contribution < -0.4 is 0 Å². The monoisotopic (exact) mass is 401 g/mol. The zero-order valence-electron chi connectivity index (χ0n) is 18.9. The van der Waals surface area contributed by atoms with E-state index in [0.29, 0.717) is 11.8 Å². The van der Waals surface area contributed by atoms with Gasteiger partial charge in [-0.05, 0) is 90.5 Å². The van der Waals surface area contributed by atoms with Crippen molar-refractivity contribution < 1.29 is 5.11 Å². The van der Waals surface area contributed by atoms with E-state index in [1.165, 1.54) is 46.6 Å². The van der Waals surface area contributed by atoms with Gasteiger partial charge < -0.3 is 10.1 Å². The van der Waals surface area contributed by atoms with Crippen LogP contribution in [0.15, 0.2) is 36.4 Å². The molecular weight excluding hydrogens is 366 g/mol. The normalized spacial score (nSPS) is 38.1. The predicted octanol–water partition coefficient (Wildman–Crippen LogP) is 6.84. The molecule has 2 N–H and O–H groups in total. The number of aliphatic hydroxyl groups excluding tert-OH is 1. The number of hydrogen-bond donors (Lipinski definition) is 2. The fraction of sp³-hybridized carbons (Fsp3) is 0.571. The van der Waals surface area contributed by atoms with Gasteiger partial charge in [-0.15, -0.1) is 0 Å². The Morgan fingerprint density at radius 3 is 2.50 bits per heavy atom. The maximum absolute atomic E-state index is 11.7. The second-order valence-corrected chi connectivity index (χ2v) is 11.3. The van der Waals surface area contributed by atoms with E-state index in [0.717, 1.165) is 19.3 Å². The Bertz CT molecular complexity index is 1160. The molecule has 1 spiro atoms. The van der Waals surface area contributed by atoms with E-state index in [-0.39, 0.29) is 22.3 Å². The van der Waals surface area contributed by atoms with Crippen molar-refractivity contribution in [2.45, 2.75) is 83.2 Å². The van der Waals surface area contributed by atoms with Crippen LogP contribution in [0.4, 0.5) is 0 Å². The Balaban J connectivity index is 1.76. The van der Waals surface area contributed by atoms with Crippen LogP contribution in [0.5, 0.6) is 0 Å². The molecule has 4 aliphatic rings. The average molecular weight is 402 g/mol. The van der Waals surface area contributed by atoms with Crippen molar-refractivity contribution in [3.8, 4) is 0 Å². The molecule has 3 aromatic rings. The van der Waals surface area contributed by atoms with Crippen molar-refractivity contribution in [2.24, 2.45) is 17.3 Å². The van der Waals surface area contributed by atoms with E-state index in [4.69, 9.17) is 0 Å². The minimum atomic E-state index is -0.233. The topological polar surface area (TPSA) is 36.0 Å². The molecule has 0 amide bonds. The quantitative estimate of drug-likeness (QED) is 0.460. The largest absolute Gasteiger partial charge is 0.392 e. The number of nitrogens with one attached hydrogen (secondary N) is 1. The molecule has 7 rings (SSSR count). The molecule has 5 atom stereocenters. The van der Waals surface area contributed by atoms with Gasteiger partial charge in [0.05, 0.1) is 6.10 Å². The Morgan fingerprint density at radius 1 is 0.933 bits per heavy atom. The summed E-state index contributed by atoms with van der Waals surface area (Å²) in [6.45, 7) is 9.83. The minimum Gasteiger partial charge on any atom is -0.392 e. The van der Waals surface area contributed by atoms with Crippen LogP contribution in [-0.4, -0.2) is 16.2 Å². The van der Waals surface area contributed by atoms with Gasteiger partial charge in [-0.1, -0.05) is 45.9 Å². The van der Waals surface area contributed by atoms with Crippen LogP contribution in [0.2, 0.25) is 0 Å². The zero-order chi connectivity index (χ0) is 20.9. The number of rotatable bonds is 1. The first-order valence-electron chi connectivity index (χ1n) is 12.1. The second-order valence-electron chi connectivity index (χ2n) is 11.3. The Morgan fingerprint density at radius 2 is 1.70 bits per heavy atom. The maximum atomic E-state index is 11.7. The van der Waals surface area contributed by atoms with Crippen LogP contribution >= 0.6 is 0 Å². The Kier molecular flexibility index (Phi) is 3.73. The molecule has 0 radical (unpaired) electrons. The summed E-state index contributed by atoms with van der Waals surface area (Å²) < 4.78 is 0. The third kappa shape index (κ3) is 2.00. The Labute approximate surface area is 180 Å². The highest BCUT2D eigenvalue weighted by Crippen LogP contribution is 2.69. The molecule has 2 nitrogen and oxygen atoms in total. The fourth-order valence-electron chi connectivity index (χ4n) is 8.20. The van der Waals surface area contributed by atoms with E-state index in [9.17, 15) is 5.11 Å². The molecule has 2 fully saturated rings. The van der Waals surface area contributed by atoms with E-state index < -0.39 is 0 Å². The van der Waals surface area contributed by atoms with E-state index >= 15 is 0 Å². The number of benzene rings is 2. The molecule has 4 aliphatic carbocycles. The van der Waals surface area contributed by atoms with Gasteiger partial charge in [0.15, 0.2) is 0 Å². The smallest absolute Gasteiger partial charge is 0.0642 e. The lowest BCUT2D eigenvalue weighted by molar-refractivity contribution is -0.0860. The number of aromatic amines is 1. The number of fused-ring (bicyclic) bond motifs is 5. The van der Waals surface area contributed by atoms with Crippen molar-refractivity contribution in [3.05, 3.63) is 47.5 Å². The van der Waals surface area contributed by atoms with Gasteiger partial charge in [0, 0.05) is 27.2 Å². The summed E-state index contributed by atoms with van der Waals surface area (Å²) in [5, 5.41) is 14.3. The summed E-state index contributed by atoms with van der Waals surface area (Å²) in [7, 11) is 0. The molecule has 0 unspecified atom stereocenters. The molecule has 0 saturated heterocycles. The van der Waals surface area contributed by atoms with Crippen LogP contribution in [0, 0.1) is 17.3 Å². The summed E-state index contributed by atoms with van der Waals surface area (Å²) >= 11 is 0. The van der Waals surface area contributed by atoms with Gasteiger partial charge in [-0.2, -0.15) is 0 Å². The van der Waals surface area contributed by atoms with Crippen LogP contribution in [0.1, 0.15) is 77.3 Å². The highest BCUT2D eigenvalue weighted by Gasteiger charge is 2.65. The molecule has 30 heavy (non-hydrogen) atoms. The lowest BCUT2D eigenvalue weighted by atomic mass is 9.45. The number of aromatic nitrogens is 1. The lowest BCUT2D eigenvalue weighted by Gasteiger charge is -2.59. The predicted molar refractivity (Wildman–Crippen MR) is 125 cm³/mol. The summed E-state index contributed by atoms with van der Waals surface area (Å²) in [4.78, 5) is 3.70. The highest BCUT2D eigenvalue weighted by molar-refractivity contribution is 6.07. The van der Waals surface area contributed by atoms with Gasteiger partial charge in [0.2, 0.25) is 0 Å². The summed E-state index contributed by atoms with van der Waals surface area (Å²) in [5.74, 6) is 1.25. The van der Waals surface area contributed by atoms with Gasteiger partial charge in [0.25, 0.3) is 0 Å². The molecule has 2 aromatic carbocycles. The van der Waals surface area contributed by atoms with Crippen molar-refractivity contribution in [1.82, 2.24) is 4.98 Å². The highest BCUT2D eigenvalue weighted by atomic mass is 16.3. The molecule has 2 heteroatoms. The van der Waals surface area contributed by atoms with E-state index in [1.54, 1.807) is 5.56 Å².